The first-order valence-corrected chi connectivity index (χ1v) is 10.7. The number of carbonyl (C=O) groups is 1. The van der Waals surface area contributed by atoms with Crippen LogP contribution in [0.1, 0.15) is 43.7 Å². The van der Waals surface area contributed by atoms with Crippen LogP contribution in [0.2, 0.25) is 0 Å². The van der Waals surface area contributed by atoms with Crippen molar-refractivity contribution >= 4 is 23.4 Å². The molecule has 7 nitrogen and oxygen atoms in total. The molecule has 2 fully saturated rings. The first-order valence-electron chi connectivity index (χ1n) is 9.69. The molecule has 2 aliphatic rings. The molecule has 2 heterocycles. The predicted octanol–water partition coefficient (Wildman–Crippen LogP) is 2.75. The largest absolute Gasteiger partial charge is 0.372 e. The number of nitrogens with zero attached hydrogens (tertiary/aromatic N) is 6. The van der Waals surface area contributed by atoms with Gasteiger partial charge in [-0.3, -0.25) is 4.79 Å². The summed E-state index contributed by atoms with van der Waals surface area (Å²) < 4.78 is 1.84. The van der Waals surface area contributed by atoms with E-state index < -0.39 is 0 Å². The standard InChI is InChI=1S/C19H26N6OS/c1-23(18(26)14-27-19-20-21-22-25(19)17-9-10-17)13-15-5-7-16(8-6-15)24-11-3-2-4-12-24/h5-8,17H,2-4,9-14H2,1H3. The Morgan fingerprint density at radius 2 is 1.93 bits per heavy atom. The van der Waals surface area contributed by atoms with Crippen LogP contribution in [0.4, 0.5) is 5.69 Å². The van der Waals surface area contributed by atoms with E-state index in [2.05, 4.69) is 44.7 Å². The summed E-state index contributed by atoms with van der Waals surface area (Å²) in [6.45, 7) is 2.91. The Bertz CT molecular complexity index is 767. The SMILES string of the molecule is CN(Cc1ccc(N2CCCCC2)cc1)C(=O)CSc1nnnn1C1CC1. The van der Waals surface area contributed by atoms with Crippen LogP contribution >= 0.6 is 11.8 Å². The summed E-state index contributed by atoms with van der Waals surface area (Å²) in [6.07, 6.45) is 6.15. The fourth-order valence-corrected chi connectivity index (χ4v) is 4.28. The Kier molecular flexibility index (Phi) is 5.61. The summed E-state index contributed by atoms with van der Waals surface area (Å²) in [5.74, 6) is 0.445. The lowest BCUT2D eigenvalue weighted by Crippen LogP contribution is -2.29. The molecule has 0 atom stereocenters. The van der Waals surface area contributed by atoms with Gasteiger partial charge in [0.1, 0.15) is 0 Å². The number of aromatic nitrogens is 4. The topological polar surface area (TPSA) is 67.2 Å². The molecule has 0 spiro atoms. The van der Waals surface area contributed by atoms with Gasteiger partial charge in [0.25, 0.3) is 0 Å². The van der Waals surface area contributed by atoms with Gasteiger partial charge in [-0.15, -0.1) is 5.10 Å². The van der Waals surface area contributed by atoms with E-state index in [0.717, 1.165) is 36.7 Å². The second-order valence-corrected chi connectivity index (χ2v) is 8.33. The highest BCUT2D eigenvalue weighted by molar-refractivity contribution is 7.99. The van der Waals surface area contributed by atoms with Crippen LogP contribution in [0.3, 0.4) is 0 Å². The molecule has 0 bridgehead atoms. The van der Waals surface area contributed by atoms with Gasteiger partial charge in [0.15, 0.2) is 0 Å². The molecule has 1 saturated carbocycles. The highest BCUT2D eigenvalue weighted by atomic mass is 32.2. The molecular formula is C19H26N6OS. The number of amides is 1. The van der Waals surface area contributed by atoms with Crippen LogP contribution in [0.15, 0.2) is 29.4 Å². The zero-order chi connectivity index (χ0) is 18.6. The zero-order valence-corrected chi connectivity index (χ0v) is 16.6. The summed E-state index contributed by atoms with van der Waals surface area (Å²) in [6, 6.07) is 9.05. The predicted molar refractivity (Wildman–Crippen MR) is 106 cm³/mol. The Balaban J connectivity index is 1.28. The lowest BCUT2D eigenvalue weighted by molar-refractivity contribution is -0.127. The summed E-state index contributed by atoms with van der Waals surface area (Å²) in [5.41, 5.74) is 2.44. The van der Waals surface area contributed by atoms with Crippen molar-refractivity contribution in [3.63, 3.8) is 0 Å². The van der Waals surface area contributed by atoms with E-state index in [1.54, 1.807) is 4.90 Å². The molecule has 1 aromatic carbocycles. The summed E-state index contributed by atoms with van der Waals surface area (Å²) >= 11 is 1.42. The first kappa shape index (κ1) is 18.3. The molecule has 8 heteroatoms. The molecule has 0 N–H and O–H groups in total. The minimum absolute atomic E-state index is 0.0884. The van der Waals surface area contributed by atoms with Gasteiger partial charge in [-0.1, -0.05) is 23.9 Å². The highest BCUT2D eigenvalue weighted by Gasteiger charge is 2.28. The van der Waals surface area contributed by atoms with E-state index in [-0.39, 0.29) is 5.91 Å². The van der Waals surface area contributed by atoms with Crippen molar-refractivity contribution in [3.05, 3.63) is 29.8 Å². The van der Waals surface area contributed by atoms with E-state index in [9.17, 15) is 4.79 Å². The Hall–Kier alpha value is -2.09. The van der Waals surface area contributed by atoms with Crippen LogP contribution in [0, 0.1) is 0 Å². The van der Waals surface area contributed by atoms with Gasteiger partial charge in [0.05, 0.1) is 11.8 Å². The maximum absolute atomic E-state index is 12.5. The molecule has 27 heavy (non-hydrogen) atoms. The minimum Gasteiger partial charge on any atom is -0.372 e. The van der Waals surface area contributed by atoms with Crippen molar-refractivity contribution in [1.82, 2.24) is 25.1 Å². The van der Waals surface area contributed by atoms with Gasteiger partial charge in [-0.25, -0.2) is 4.68 Å². The monoisotopic (exact) mass is 386 g/mol. The number of tetrazole rings is 1. The second kappa shape index (κ2) is 8.29. The fourth-order valence-electron chi connectivity index (χ4n) is 3.39. The second-order valence-electron chi connectivity index (χ2n) is 7.39. The Morgan fingerprint density at radius 3 is 2.63 bits per heavy atom. The third-order valence-corrected chi connectivity index (χ3v) is 6.10. The molecule has 144 valence electrons. The summed E-state index contributed by atoms with van der Waals surface area (Å²) in [7, 11) is 1.85. The third kappa shape index (κ3) is 4.61. The maximum Gasteiger partial charge on any atom is 0.233 e. The summed E-state index contributed by atoms with van der Waals surface area (Å²) in [4.78, 5) is 16.7. The van der Waals surface area contributed by atoms with Crippen molar-refractivity contribution in [2.75, 3.05) is 30.8 Å². The van der Waals surface area contributed by atoms with Crippen LogP contribution in [-0.2, 0) is 11.3 Å². The Morgan fingerprint density at radius 1 is 1.19 bits per heavy atom. The van der Waals surface area contributed by atoms with Gasteiger partial charge in [0, 0.05) is 32.4 Å². The quantitative estimate of drug-likeness (QED) is 0.682. The molecular weight excluding hydrogens is 360 g/mol. The number of carbonyl (C=O) groups excluding carboxylic acids is 1. The van der Waals surface area contributed by atoms with Crippen LogP contribution in [-0.4, -0.2) is 56.9 Å². The zero-order valence-electron chi connectivity index (χ0n) is 15.8. The lowest BCUT2D eigenvalue weighted by atomic mass is 10.1. The number of thioether (sulfide) groups is 1. The normalized spacial score (nSPS) is 17.1. The number of hydrogen-bond donors (Lipinski definition) is 0. The Labute approximate surface area is 164 Å². The smallest absolute Gasteiger partial charge is 0.233 e. The highest BCUT2D eigenvalue weighted by Crippen LogP contribution is 2.36. The van der Waals surface area contributed by atoms with E-state index in [0.29, 0.717) is 18.3 Å². The maximum atomic E-state index is 12.5. The number of benzene rings is 1. The number of rotatable bonds is 7. The molecule has 0 unspecified atom stereocenters. The van der Waals surface area contributed by atoms with Crippen molar-refractivity contribution in [3.8, 4) is 0 Å². The van der Waals surface area contributed by atoms with Gasteiger partial charge in [0.2, 0.25) is 11.1 Å². The molecule has 1 aliphatic carbocycles. The van der Waals surface area contributed by atoms with E-state index in [4.69, 9.17) is 0 Å². The molecule has 1 aliphatic heterocycles. The van der Waals surface area contributed by atoms with Crippen LogP contribution in [0.5, 0.6) is 0 Å². The van der Waals surface area contributed by atoms with Crippen LogP contribution < -0.4 is 4.90 Å². The fraction of sp³-hybridized carbons (Fsp3) is 0.579. The van der Waals surface area contributed by atoms with Crippen molar-refractivity contribution in [1.29, 1.82) is 0 Å². The lowest BCUT2D eigenvalue weighted by Gasteiger charge is -2.29. The van der Waals surface area contributed by atoms with Crippen LogP contribution in [0.25, 0.3) is 0 Å². The molecule has 1 saturated heterocycles. The van der Waals surface area contributed by atoms with Crippen molar-refractivity contribution < 1.29 is 4.79 Å². The van der Waals surface area contributed by atoms with Crippen molar-refractivity contribution in [2.24, 2.45) is 0 Å². The average Bonchev–Trinajstić information content (AvgIpc) is 3.45. The van der Waals surface area contributed by atoms with Gasteiger partial charge in [-0.05, 0) is 60.2 Å². The summed E-state index contributed by atoms with van der Waals surface area (Å²) in [5, 5.41) is 12.5. The molecule has 0 radical (unpaired) electrons. The molecule has 2 aromatic rings. The minimum atomic E-state index is 0.0884. The number of piperidine rings is 1. The van der Waals surface area contributed by atoms with Gasteiger partial charge >= 0.3 is 0 Å². The molecule has 4 rings (SSSR count). The third-order valence-electron chi connectivity index (χ3n) is 5.18. The van der Waals surface area contributed by atoms with Crippen molar-refractivity contribution in [2.45, 2.75) is 49.8 Å². The first-order chi connectivity index (χ1) is 13.2. The number of anilines is 1. The van der Waals surface area contributed by atoms with Gasteiger partial charge < -0.3 is 9.80 Å². The molecule has 1 aromatic heterocycles. The van der Waals surface area contributed by atoms with E-state index in [1.807, 2.05) is 11.7 Å². The average molecular weight is 387 g/mol. The van der Waals surface area contributed by atoms with E-state index >= 15 is 0 Å². The number of hydrogen-bond acceptors (Lipinski definition) is 6. The molecule has 1 amide bonds. The van der Waals surface area contributed by atoms with Gasteiger partial charge in [-0.2, -0.15) is 0 Å². The van der Waals surface area contributed by atoms with E-state index in [1.165, 1.54) is 36.7 Å².